The zero-order chi connectivity index (χ0) is 20.8. The Morgan fingerprint density at radius 1 is 1.03 bits per heavy atom. The first-order valence-electron chi connectivity index (χ1n) is 9.23. The molecule has 2 amide bonds. The number of hydrogen-bond acceptors (Lipinski definition) is 5. The lowest BCUT2D eigenvalue weighted by Crippen LogP contribution is -2.51. The summed E-state index contributed by atoms with van der Waals surface area (Å²) < 4.78 is 18.6. The first-order valence-corrected chi connectivity index (χ1v) is 9.23. The molecule has 1 saturated heterocycles. The number of nitrogens with one attached hydrogen (secondary N) is 1. The van der Waals surface area contributed by atoms with E-state index in [1.54, 1.807) is 12.0 Å². The molecule has 0 aliphatic carbocycles. The molecule has 1 fully saturated rings. The minimum absolute atomic E-state index is 0.0552. The summed E-state index contributed by atoms with van der Waals surface area (Å²) in [7, 11) is 1.62. The van der Waals surface area contributed by atoms with Crippen molar-refractivity contribution in [3.8, 4) is 5.75 Å². The number of benzene rings is 2. The Kier molecular flexibility index (Phi) is 6.43. The maximum atomic E-state index is 13.2. The molecule has 0 aromatic heterocycles. The number of Topliss-reactive ketones (excluding diaryl/α,β-unsaturated/α-hetero) is 1. The molecule has 8 heteroatoms. The van der Waals surface area contributed by atoms with E-state index < -0.39 is 17.5 Å². The van der Waals surface area contributed by atoms with Crippen LogP contribution in [0.25, 0.3) is 0 Å². The molecule has 2 aromatic carbocycles. The summed E-state index contributed by atoms with van der Waals surface area (Å²) in [6.07, 6.45) is 0. The van der Waals surface area contributed by atoms with Gasteiger partial charge in [0.1, 0.15) is 11.6 Å². The molecule has 0 atom stereocenters. The van der Waals surface area contributed by atoms with Crippen molar-refractivity contribution in [2.75, 3.05) is 44.7 Å². The molecule has 0 saturated carbocycles. The van der Waals surface area contributed by atoms with E-state index in [0.29, 0.717) is 26.2 Å². The van der Waals surface area contributed by atoms with Crippen LogP contribution >= 0.6 is 0 Å². The number of rotatable bonds is 6. The van der Waals surface area contributed by atoms with Crippen LogP contribution < -0.4 is 15.0 Å². The zero-order valence-corrected chi connectivity index (χ0v) is 16.1. The number of ether oxygens (including phenoxy) is 1. The topological polar surface area (TPSA) is 79.0 Å². The Balaban J connectivity index is 1.50. The lowest BCUT2D eigenvalue weighted by atomic mass is 10.1. The monoisotopic (exact) mass is 399 g/mol. The van der Waals surface area contributed by atoms with Crippen molar-refractivity contribution in [3.05, 3.63) is 59.9 Å². The summed E-state index contributed by atoms with van der Waals surface area (Å²) in [5.41, 5.74) is 0.913. The molecule has 152 valence electrons. The van der Waals surface area contributed by atoms with Crippen molar-refractivity contribution in [2.45, 2.75) is 0 Å². The van der Waals surface area contributed by atoms with Crippen molar-refractivity contribution in [1.29, 1.82) is 0 Å². The van der Waals surface area contributed by atoms with Crippen molar-refractivity contribution in [2.24, 2.45) is 0 Å². The quantitative estimate of drug-likeness (QED) is 0.588. The van der Waals surface area contributed by atoms with Gasteiger partial charge in [-0.25, -0.2) is 4.39 Å². The summed E-state index contributed by atoms with van der Waals surface area (Å²) >= 11 is 0. The van der Waals surface area contributed by atoms with E-state index in [2.05, 4.69) is 10.2 Å². The lowest BCUT2D eigenvalue weighted by Gasteiger charge is -2.36. The van der Waals surface area contributed by atoms with Gasteiger partial charge in [0, 0.05) is 31.7 Å². The van der Waals surface area contributed by atoms with Gasteiger partial charge in [-0.05, 0) is 24.3 Å². The molecule has 7 nitrogen and oxygen atoms in total. The highest BCUT2D eigenvalue weighted by molar-refractivity contribution is 6.43. The maximum Gasteiger partial charge on any atom is 0.292 e. The number of ketones is 1. The minimum Gasteiger partial charge on any atom is -0.495 e. The van der Waals surface area contributed by atoms with Crippen molar-refractivity contribution >= 4 is 23.3 Å². The number of amides is 2. The second-order valence-corrected chi connectivity index (χ2v) is 6.56. The second kappa shape index (κ2) is 9.18. The molecule has 1 heterocycles. The Labute approximate surface area is 168 Å². The van der Waals surface area contributed by atoms with Gasteiger partial charge in [-0.3, -0.25) is 14.4 Å². The molecule has 0 bridgehead atoms. The zero-order valence-electron chi connectivity index (χ0n) is 16.1. The van der Waals surface area contributed by atoms with Crippen LogP contribution in [0.4, 0.5) is 10.1 Å². The van der Waals surface area contributed by atoms with E-state index in [4.69, 9.17) is 4.74 Å². The standard InChI is InChI=1S/C21H22FN3O4/c1-29-18-8-3-2-7-17(18)24-9-11-25(12-10-24)19(26)14-23-21(28)20(27)15-5-4-6-16(22)13-15/h2-8,13H,9-12,14H2,1H3,(H,23,28). The fourth-order valence-electron chi connectivity index (χ4n) is 3.20. The highest BCUT2D eigenvalue weighted by Gasteiger charge is 2.24. The van der Waals surface area contributed by atoms with E-state index in [0.717, 1.165) is 17.5 Å². The summed E-state index contributed by atoms with van der Waals surface area (Å²) in [5.74, 6) is -1.91. The number of carbonyl (C=O) groups excluding carboxylic acids is 3. The number of methoxy groups -OCH3 is 1. The Morgan fingerprint density at radius 2 is 1.76 bits per heavy atom. The van der Waals surface area contributed by atoms with Crippen molar-refractivity contribution in [1.82, 2.24) is 10.2 Å². The molecular formula is C21H22FN3O4. The van der Waals surface area contributed by atoms with Crippen LogP contribution in [0.1, 0.15) is 10.4 Å². The van der Waals surface area contributed by atoms with Crippen LogP contribution in [0.3, 0.4) is 0 Å². The molecule has 2 aromatic rings. The lowest BCUT2D eigenvalue weighted by molar-refractivity contribution is -0.132. The summed E-state index contributed by atoms with van der Waals surface area (Å²) in [6.45, 7) is 1.95. The van der Waals surface area contributed by atoms with Gasteiger partial charge in [0.2, 0.25) is 11.7 Å². The number of nitrogens with zero attached hydrogens (tertiary/aromatic N) is 2. The van der Waals surface area contributed by atoms with Crippen molar-refractivity contribution < 1.29 is 23.5 Å². The van der Waals surface area contributed by atoms with Gasteiger partial charge in [0.15, 0.2) is 0 Å². The molecule has 1 aliphatic heterocycles. The Bertz CT molecular complexity index is 910. The third kappa shape index (κ3) is 4.90. The molecule has 1 N–H and O–H groups in total. The minimum atomic E-state index is -0.934. The molecule has 0 spiro atoms. The van der Waals surface area contributed by atoms with Crippen molar-refractivity contribution in [3.63, 3.8) is 0 Å². The van der Waals surface area contributed by atoms with Crippen LogP contribution in [0.5, 0.6) is 5.75 Å². The largest absolute Gasteiger partial charge is 0.495 e. The van der Waals surface area contributed by atoms with E-state index in [1.165, 1.54) is 18.2 Å². The van der Waals surface area contributed by atoms with Gasteiger partial charge < -0.3 is 19.9 Å². The third-order valence-electron chi connectivity index (χ3n) is 4.75. The van der Waals surface area contributed by atoms with E-state index >= 15 is 0 Å². The van der Waals surface area contributed by atoms with Gasteiger partial charge in [-0.15, -0.1) is 0 Å². The summed E-state index contributed by atoms with van der Waals surface area (Å²) in [6, 6.07) is 12.6. The van der Waals surface area contributed by atoms with Gasteiger partial charge >= 0.3 is 0 Å². The molecule has 1 aliphatic rings. The average Bonchev–Trinajstić information content (AvgIpc) is 2.76. The molecule has 0 unspecified atom stereocenters. The second-order valence-electron chi connectivity index (χ2n) is 6.56. The first-order chi connectivity index (χ1) is 14.0. The fourth-order valence-corrected chi connectivity index (χ4v) is 3.20. The van der Waals surface area contributed by atoms with Crippen LogP contribution in [-0.4, -0.2) is 62.3 Å². The predicted octanol–water partition coefficient (Wildman–Crippen LogP) is 1.48. The van der Waals surface area contributed by atoms with Crippen LogP contribution in [0.15, 0.2) is 48.5 Å². The van der Waals surface area contributed by atoms with Crippen LogP contribution in [0, 0.1) is 5.82 Å². The van der Waals surface area contributed by atoms with Gasteiger partial charge in [-0.2, -0.15) is 0 Å². The predicted molar refractivity (Wildman–Crippen MR) is 106 cm³/mol. The number of anilines is 1. The summed E-state index contributed by atoms with van der Waals surface area (Å²) in [5, 5.41) is 2.32. The van der Waals surface area contributed by atoms with E-state index in [-0.39, 0.29) is 18.0 Å². The number of hydrogen-bond donors (Lipinski definition) is 1. The van der Waals surface area contributed by atoms with E-state index in [9.17, 15) is 18.8 Å². The van der Waals surface area contributed by atoms with Crippen LogP contribution in [-0.2, 0) is 9.59 Å². The van der Waals surface area contributed by atoms with Gasteiger partial charge in [0.05, 0.1) is 19.3 Å². The maximum absolute atomic E-state index is 13.2. The summed E-state index contributed by atoms with van der Waals surface area (Å²) in [4.78, 5) is 40.1. The third-order valence-corrected chi connectivity index (χ3v) is 4.75. The van der Waals surface area contributed by atoms with Gasteiger partial charge in [-0.1, -0.05) is 24.3 Å². The Hall–Kier alpha value is -3.42. The Morgan fingerprint density at radius 3 is 2.45 bits per heavy atom. The van der Waals surface area contributed by atoms with Gasteiger partial charge in [0.25, 0.3) is 5.91 Å². The number of para-hydroxylation sites is 2. The normalized spacial score (nSPS) is 13.7. The van der Waals surface area contributed by atoms with Crippen LogP contribution in [0.2, 0.25) is 0 Å². The molecule has 0 radical (unpaired) electrons. The molecule has 29 heavy (non-hydrogen) atoms. The SMILES string of the molecule is COc1ccccc1N1CCN(C(=O)CNC(=O)C(=O)c2cccc(F)c2)CC1. The average molecular weight is 399 g/mol. The highest BCUT2D eigenvalue weighted by atomic mass is 19.1. The number of halogens is 1. The molecule has 3 rings (SSSR count). The fraction of sp³-hybridized carbons (Fsp3) is 0.286. The first kappa shape index (κ1) is 20.3. The number of carbonyl (C=O) groups is 3. The highest BCUT2D eigenvalue weighted by Crippen LogP contribution is 2.28. The molecular weight excluding hydrogens is 377 g/mol. The van der Waals surface area contributed by atoms with E-state index in [1.807, 2.05) is 24.3 Å². The number of piperazine rings is 1. The smallest absolute Gasteiger partial charge is 0.292 e.